The molecule has 168 valence electrons. The minimum absolute atomic E-state index is 0.436. The number of hydrogen-bond donors (Lipinski definition) is 3. The lowest BCUT2D eigenvalue weighted by Crippen LogP contribution is -2.10. The maximum atomic E-state index is 5.79. The molecule has 3 N–H and O–H groups in total. The third-order valence-corrected chi connectivity index (χ3v) is 6.77. The van der Waals surface area contributed by atoms with E-state index in [0.717, 1.165) is 44.8 Å². The first-order valence-electron chi connectivity index (χ1n) is 10.7. The highest BCUT2D eigenvalue weighted by Crippen LogP contribution is 2.33. The zero-order chi connectivity index (χ0) is 23.1. The molecule has 6 aromatic rings. The Balaban J connectivity index is 1.46. The minimum Gasteiger partial charge on any atom is -0.351 e. The van der Waals surface area contributed by atoms with Crippen LogP contribution in [0.25, 0.3) is 39.0 Å². The Morgan fingerprint density at radius 1 is 1.03 bits per heavy atom. The van der Waals surface area contributed by atoms with Crippen molar-refractivity contribution in [3.05, 3.63) is 77.8 Å². The van der Waals surface area contributed by atoms with Gasteiger partial charge in [-0.3, -0.25) is 4.57 Å². The molecular formula is C24H20N8S2. The van der Waals surface area contributed by atoms with Crippen LogP contribution in [0, 0.1) is 4.77 Å². The summed E-state index contributed by atoms with van der Waals surface area (Å²) in [6.07, 6.45) is 3.77. The van der Waals surface area contributed by atoms with Gasteiger partial charge in [0.1, 0.15) is 18.0 Å². The lowest BCUT2D eigenvalue weighted by atomic mass is 10.1. The second kappa shape index (κ2) is 8.47. The number of rotatable bonds is 6. The number of aromatic nitrogens is 7. The smallest absolute Gasteiger partial charge is 0.183 e. The molecule has 0 fully saturated rings. The Bertz CT molecular complexity index is 1670. The lowest BCUT2D eigenvalue weighted by molar-refractivity contribution is 0.654. The number of anilines is 1. The van der Waals surface area contributed by atoms with Crippen LogP contribution in [0.2, 0.25) is 0 Å². The fraction of sp³-hybridized carbons (Fsp3) is 0.0833. The average molecular weight is 485 g/mol. The van der Waals surface area contributed by atoms with Crippen molar-refractivity contribution < 1.29 is 0 Å². The molecule has 0 saturated heterocycles. The number of H-pyrrole nitrogens is 2. The number of nitrogens with one attached hydrogen (secondary N) is 3. The Morgan fingerprint density at radius 3 is 2.74 bits per heavy atom. The van der Waals surface area contributed by atoms with Gasteiger partial charge < -0.3 is 15.3 Å². The third kappa shape index (κ3) is 3.57. The molecular weight excluding hydrogens is 464 g/mol. The van der Waals surface area contributed by atoms with Gasteiger partial charge in [0.2, 0.25) is 0 Å². The van der Waals surface area contributed by atoms with Crippen LogP contribution in [0.3, 0.4) is 0 Å². The molecule has 3 aromatic carbocycles. The van der Waals surface area contributed by atoms with Gasteiger partial charge in [-0.2, -0.15) is 0 Å². The van der Waals surface area contributed by atoms with Crippen molar-refractivity contribution in [3.8, 4) is 16.9 Å². The van der Waals surface area contributed by atoms with Gasteiger partial charge >= 0.3 is 0 Å². The minimum atomic E-state index is 0.436. The van der Waals surface area contributed by atoms with Crippen LogP contribution >= 0.6 is 24.0 Å². The van der Waals surface area contributed by atoms with Crippen LogP contribution in [0.4, 0.5) is 5.82 Å². The van der Waals surface area contributed by atoms with Gasteiger partial charge in [0.25, 0.3) is 0 Å². The van der Waals surface area contributed by atoms with E-state index in [1.165, 1.54) is 4.90 Å². The van der Waals surface area contributed by atoms with Crippen molar-refractivity contribution in [3.63, 3.8) is 0 Å². The van der Waals surface area contributed by atoms with Crippen molar-refractivity contribution >= 4 is 51.9 Å². The molecule has 0 aliphatic carbocycles. The standard InChI is InChI=1S/C24H20N8S2/c1-34-17-9-6-15(7-10-17)22-23(27-14-31-21-5-3-2-4-19(21)29-30-31)28-24(33)32(22)16-8-11-18-20(12-16)26-13-25-18/h2-13,27H,14H2,1H3,(H,25,26)(H,28,33). The summed E-state index contributed by atoms with van der Waals surface area (Å²) in [4.78, 5) is 12.1. The normalized spacial score (nSPS) is 11.4. The first-order valence-corrected chi connectivity index (χ1v) is 12.3. The number of aromatic amines is 2. The summed E-state index contributed by atoms with van der Waals surface area (Å²) in [7, 11) is 0. The summed E-state index contributed by atoms with van der Waals surface area (Å²) >= 11 is 7.50. The van der Waals surface area contributed by atoms with Gasteiger partial charge in [-0.25, -0.2) is 9.67 Å². The molecule has 0 spiro atoms. The molecule has 0 radical (unpaired) electrons. The van der Waals surface area contributed by atoms with Crippen LogP contribution in [0.1, 0.15) is 0 Å². The largest absolute Gasteiger partial charge is 0.351 e. The Hall–Kier alpha value is -3.89. The van der Waals surface area contributed by atoms with Crippen LogP contribution < -0.4 is 5.32 Å². The van der Waals surface area contributed by atoms with E-state index < -0.39 is 0 Å². The monoisotopic (exact) mass is 484 g/mol. The second-order valence-corrected chi connectivity index (χ2v) is 9.00. The lowest BCUT2D eigenvalue weighted by Gasteiger charge is -2.13. The topological polar surface area (TPSA) is 92.1 Å². The Morgan fingerprint density at radius 2 is 1.88 bits per heavy atom. The predicted molar refractivity (Wildman–Crippen MR) is 139 cm³/mol. The van der Waals surface area contributed by atoms with Crippen LogP contribution in [-0.2, 0) is 6.67 Å². The zero-order valence-corrected chi connectivity index (χ0v) is 19.8. The van der Waals surface area contributed by atoms with Crippen LogP contribution in [-0.4, -0.2) is 40.8 Å². The molecule has 6 rings (SSSR count). The van der Waals surface area contributed by atoms with Crippen molar-refractivity contribution in [2.45, 2.75) is 11.6 Å². The molecule has 0 aliphatic heterocycles. The zero-order valence-electron chi connectivity index (χ0n) is 18.2. The Kier molecular flexibility index (Phi) is 5.16. The van der Waals surface area contributed by atoms with E-state index in [2.05, 4.69) is 67.2 Å². The third-order valence-electron chi connectivity index (χ3n) is 5.75. The SMILES string of the molecule is CSc1ccc(-c2c(NCn3nnc4ccccc43)[nH]c(=S)n2-c2ccc3nc[nH]c3c2)cc1. The molecule has 0 saturated carbocycles. The van der Waals surface area contributed by atoms with E-state index in [-0.39, 0.29) is 0 Å². The average Bonchev–Trinajstić information content (AvgIpc) is 3.59. The molecule has 0 unspecified atom stereocenters. The van der Waals surface area contributed by atoms with Gasteiger partial charge in [0, 0.05) is 10.5 Å². The molecule has 0 amide bonds. The highest BCUT2D eigenvalue weighted by molar-refractivity contribution is 7.98. The van der Waals surface area contributed by atoms with Crippen LogP contribution in [0.5, 0.6) is 0 Å². The van der Waals surface area contributed by atoms with E-state index >= 15 is 0 Å². The summed E-state index contributed by atoms with van der Waals surface area (Å²) in [5.41, 5.74) is 6.61. The maximum Gasteiger partial charge on any atom is 0.183 e. The molecule has 8 nitrogen and oxygen atoms in total. The summed E-state index contributed by atoms with van der Waals surface area (Å²) < 4.78 is 4.47. The van der Waals surface area contributed by atoms with Crippen molar-refractivity contribution in [1.82, 2.24) is 34.5 Å². The van der Waals surface area contributed by atoms with E-state index in [0.29, 0.717) is 11.4 Å². The van der Waals surface area contributed by atoms with Crippen molar-refractivity contribution in [2.75, 3.05) is 11.6 Å². The molecule has 3 heterocycles. The number of nitrogens with zero attached hydrogens (tertiary/aromatic N) is 5. The fourth-order valence-electron chi connectivity index (χ4n) is 4.08. The van der Waals surface area contributed by atoms with Crippen molar-refractivity contribution in [1.29, 1.82) is 0 Å². The van der Waals surface area contributed by atoms with Gasteiger partial charge in [0.05, 0.1) is 34.3 Å². The summed E-state index contributed by atoms with van der Waals surface area (Å²) in [6, 6.07) is 22.4. The number of hydrogen-bond acceptors (Lipinski definition) is 6. The highest BCUT2D eigenvalue weighted by Gasteiger charge is 2.17. The highest BCUT2D eigenvalue weighted by atomic mass is 32.2. The molecule has 0 atom stereocenters. The van der Waals surface area contributed by atoms with Crippen molar-refractivity contribution in [2.24, 2.45) is 0 Å². The number of fused-ring (bicyclic) bond motifs is 2. The predicted octanol–water partition coefficient (Wildman–Crippen LogP) is 5.61. The molecule has 0 bridgehead atoms. The molecule has 0 aliphatic rings. The van der Waals surface area contributed by atoms with Gasteiger partial charge in [-0.05, 0) is 60.9 Å². The van der Waals surface area contributed by atoms with Gasteiger partial charge in [-0.15, -0.1) is 16.9 Å². The number of thioether (sulfide) groups is 1. The fourth-order valence-corrected chi connectivity index (χ4v) is 4.79. The molecule has 34 heavy (non-hydrogen) atoms. The van der Waals surface area contributed by atoms with E-state index in [9.17, 15) is 0 Å². The van der Waals surface area contributed by atoms with Gasteiger partial charge in [-0.1, -0.05) is 29.5 Å². The molecule has 10 heteroatoms. The number of para-hydroxylation sites is 1. The van der Waals surface area contributed by atoms with E-state index in [4.69, 9.17) is 12.2 Å². The quantitative estimate of drug-likeness (QED) is 0.210. The van der Waals surface area contributed by atoms with Gasteiger partial charge in [0.15, 0.2) is 4.77 Å². The van der Waals surface area contributed by atoms with Crippen LogP contribution in [0.15, 0.2) is 78.0 Å². The first kappa shape index (κ1) is 20.7. The number of imidazole rings is 2. The first-order chi connectivity index (χ1) is 16.7. The maximum absolute atomic E-state index is 5.79. The summed E-state index contributed by atoms with van der Waals surface area (Å²) in [5.74, 6) is 0.811. The van der Waals surface area contributed by atoms with E-state index in [1.807, 2.05) is 45.6 Å². The summed E-state index contributed by atoms with van der Waals surface area (Å²) in [5, 5.41) is 12.0. The Labute approximate surface area is 204 Å². The summed E-state index contributed by atoms with van der Waals surface area (Å²) in [6.45, 7) is 0.436. The molecule has 3 aromatic heterocycles. The van der Waals surface area contributed by atoms with E-state index in [1.54, 1.807) is 18.1 Å². The number of benzene rings is 3. The second-order valence-electron chi connectivity index (χ2n) is 7.73.